The minimum atomic E-state index is -1.04. The van der Waals surface area contributed by atoms with Crippen LogP contribution in [0.5, 0.6) is 0 Å². The number of amides is 4. The van der Waals surface area contributed by atoms with Gasteiger partial charge in [0.15, 0.2) is 0 Å². The molecule has 248 valence electrons. The summed E-state index contributed by atoms with van der Waals surface area (Å²) < 4.78 is 0. The Hall–Kier alpha value is -3.76. The minimum absolute atomic E-state index is 0.0986. The molecule has 0 aliphatic rings. The van der Waals surface area contributed by atoms with Crippen LogP contribution in [0.25, 0.3) is 0 Å². The van der Waals surface area contributed by atoms with Crippen molar-refractivity contribution in [1.82, 2.24) is 25.6 Å². The van der Waals surface area contributed by atoms with Crippen molar-refractivity contribution in [1.29, 1.82) is 0 Å². The van der Waals surface area contributed by atoms with Crippen LogP contribution in [0, 0.1) is 5.92 Å². The SMILES string of the molecule is CCCN(CC(O)C(Cc1ccccc1)NC(=O)c1cc(C(=O)N(C)C)cc(C(=O)N(CCC)CCC)c1)NC(=O)CC(C)C. The molecule has 0 aliphatic heterocycles. The van der Waals surface area contributed by atoms with Gasteiger partial charge in [0.05, 0.1) is 12.1 Å². The van der Waals surface area contributed by atoms with Crippen LogP contribution in [-0.4, -0.2) is 96.0 Å². The molecule has 10 heteroatoms. The Bertz CT molecular complexity index is 1240. The Labute approximate surface area is 269 Å². The quantitative estimate of drug-likeness (QED) is 0.215. The van der Waals surface area contributed by atoms with Gasteiger partial charge in [-0.15, -0.1) is 0 Å². The third-order valence-corrected chi connectivity index (χ3v) is 7.23. The highest BCUT2D eigenvalue weighted by Gasteiger charge is 2.27. The fourth-order valence-electron chi connectivity index (χ4n) is 5.11. The number of nitrogens with zero attached hydrogens (tertiary/aromatic N) is 3. The molecule has 45 heavy (non-hydrogen) atoms. The van der Waals surface area contributed by atoms with E-state index in [0.717, 1.165) is 24.8 Å². The first kappa shape index (κ1) is 37.4. The second-order valence-corrected chi connectivity index (χ2v) is 12.2. The number of rotatable bonds is 18. The maximum Gasteiger partial charge on any atom is 0.253 e. The molecule has 4 amide bonds. The highest BCUT2D eigenvalue weighted by molar-refractivity contribution is 6.04. The van der Waals surface area contributed by atoms with Crippen molar-refractivity contribution < 1.29 is 24.3 Å². The second kappa shape index (κ2) is 18.9. The van der Waals surface area contributed by atoms with Gasteiger partial charge in [0.25, 0.3) is 17.7 Å². The number of aliphatic hydroxyl groups excluding tert-OH is 1. The fraction of sp³-hybridized carbons (Fsp3) is 0.543. The predicted octanol–water partition coefficient (Wildman–Crippen LogP) is 4.14. The van der Waals surface area contributed by atoms with E-state index in [-0.39, 0.29) is 46.9 Å². The van der Waals surface area contributed by atoms with Crippen LogP contribution < -0.4 is 10.7 Å². The second-order valence-electron chi connectivity index (χ2n) is 12.2. The highest BCUT2D eigenvalue weighted by atomic mass is 16.3. The molecule has 0 aromatic heterocycles. The molecular formula is C35H53N5O5. The van der Waals surface area contributed by atoms with E-state index in [1.54, 1.807) is 30.1 Å². The van der Waals surface area contributed by atoms with Crippen molar-refractivity contribution in [3.63, 3.8) is 0 Å². The van der Waals surface area contributed by atoms with Crippen LogP contribution in [0.15, 0.2) is 48.5 Å². The molecule has 0 bridgehead atoms. The Morgan fingerprint density at radius 2 is 1.36 bits per heavy atom. The number of nitrogens with one attached hydrogen (secondary N) is 2. The summed E-state index contributed by atoms with van der Waals surface area (Å²) in [6, 6.07) is 13.3. The third kappa shape index (κ3) is 12.3. The number of hydrogen-bond donors (Lipinski definition) is 3. The van der Waals surface area contributed by atoms with E-state index in [2.05, 4.69) is 10.7 Å². The molecule has 0 spiro atoms. The fourth-order valence-corrected chi connectivity index (χ4v) is 5.11. The van der Waals surface area contributed by atoms with Crippen LogP contribution in [0.1, 0.15) is 96.9 Å². The third-order valence-electron chi connectivity index (χ3n) is 7.23. The summed E-state index contributed by atoms with van der Waals surface area (Å²) in [4.78, 5) is 56.1. The molecule has 2 unspecified atom stereocenters. The van der Waals surface area contributed by atoms with Gasteiger partial charge in [-0.25, -0.2) is 5.01 Å². The monoisotopic (exact) mass is 623 g/mol. The molecule has 10 nitrogen and oxygen atoms in total. The Balaban J connectivity index is 2.45. The molecule has 0 heterocycles. The van der Waals surface area contributed by atoms with Crippen LogP contribution in [0.4, 0.5) is 0 Å². The molecule has 3 N–H and O–H groups in total. The Kier molecular flexibility index (Phi) is 15.7. The van der Waals surface area contributed by atoms with Gasteiger partial charge in [-0.05, 0) is 55.4 Å². The molecule has 2 rings (SSSR count). The summed E-state index contributed by atoms with van der Waals surface area (Å²) in [6.45, 7) is 11.7. The number of carbonyl (C=O) groups is 4. The maximum atomic E-state index is 13.8. The van der Waals surface area contributed by atoms with Crippen molar-refractivity contribution in [2.45, 2.75) is 78.9 Å². The van der Waals surface area contributed by atoms with Gasteiger partial charge in [-0.2, -0.15) is 0 Å². The summed E-state index contributed by atoms with van der Waals surface area (Å²) in [5, 5.41) is 16.2. The number of aliphatic hydroxyl groups is 1. The molecule has 2 aromatic carbocycles. The summed E-state index contributed by atoms with van der Waals surface area (Å²) in [6.07, 6.45) is 1.95. The van der Waals surface area contributed by atoms with Crippen molar-refractivity contribution >= 4 is 23.6 Å². The van der Waals surface area contributed by atoms with Crippen LogP contribution in [0.3, 0.4) is 0 Å². The molecular weight excluding hydrogens is 570 g/mol. The van der Waals surface area contributed by atoms with Gasteiger partial charge >= 0.3 is 0 Å². The lowest BCUT2D eigenvalue weighted by atomic mass is 9.99. The van der Waals surface area contributed by atoms with E-state index in [0.29, 0.717) is 32.5 Å². The first-order valence-electron chi connectivity index (χ1n) is 16.1. The smallest absolute Gasteiger partial charge is 0.253 e. The van der Waals surface area contributed by atoms with E-state index >= 15 is 0 Å². The van der Waals surface area contributed by atoms with Crippen LogP contribution in [-0.2, 0) is 11.2 Å². The normalized spacial score (nSPS) is 12.5. The van der Waals surface area contributed by atoms with Crippen molar-refractivity contribution in [3.8, 4) is 0 Å². The van der Waals surface area contributed by atoms with Crippen molar-refractivity contribution in [3.05, 3.63) is 70.8 Å². The number of hydrazine groups is 1. The van der Waals surface area contributed by atoms with Crippen molar-refractivity contribution in [2.24, 2.45) is 5.92 Å². The van der Waals surface area contributed by atoms with E-state index in [9.17, 15) is 24.3 Å². The summed E-state index contributed by atoms with van der Waals surface area (Å²) in [5.74, 6) is -1.03. The molecule has 0 radical (unpaired) electrons. The van der Waals surface area contributed by atoms with E-state index in [4.69, 9.17) is 0 Å². The Morgan fingerprint density at radius 1 is 0.800 bits per heavy atom. The lowest BCUT2D eigenvalue weighted by Gasteiger charge is -2.30. The molecule has 0 fully saturated rings. The van der Waals surface area contributed by atoms with Gasteiger partial charge in [0, 0.05) is 63.4 Å². The van der Waals surface area contributed by atoms with Gasteiger partial charge in [-0.1, -0.05) is 65.0 Å². The lowest BCUT2D eigenvalue weighted by molar-refractivity contribution is -0.127. The average Bonchev–Trinajstić information content (AvgIpc) is 2.99. The molecule has 0 aliphatic carbocycles. The standard InChI is InChI=1S/C35H53N5O5/c1-8-16-39(17-9-2)35(45)29-22-27(21-28(23-29)34(44)38(6)7)33(43)36-30(20-26-14-12-11-13-15-26)31(41)24-40(18-10-3)37-32(42)19-25(4)5/h11-15,21-23,25,30-31,41H,8-10,16-20,24H2,1-7H3,(H,36,43)(H,37,42). The minimum Gasteiger partial charge on any atom is -0.390 e. The van der Waals surface area contributed by atoms with Crippen LogP contribution in [0.2, 0.25) is 0 Å². The molecule has 2 atom stereocenters. The average molecular weight is 624 g/mol. The summed E-state index contributed by atoms with van der Waals surface area (Å²) in [5.41, 5.74) is 4.46. The van der Waals surface area contributed by atoms with Gasteiger partial charge < -0.3 is 20.2 Å². The van der Waals surface area contributed by atoms with E-state index < -0.39 is 18.1 Å². The number of carbonyl (C=O) groups excluding carboxylic acids is 4. The van der Waals surface area contributed by atoms with E-state index in [1.165, 1.54) is 17.0 Å². The molecule has 2 aromatic rings. The Morgan fingerprint density at radius 3 is 1.89 bits per heavy atom. The van der Waals surface area contributed by atoms with Crippen LogP contribution >= 0.6 is 0 Å². The zero-order valence-corrected chi connectivity index (χ0v) is 28.1. The van der Waals surface area contributed by atoms with Gasteiger partial charge in [0.2, 0.25) is 5.91 Å². The summed E-state index contributed by atoms with van der Waals surface area (Å²) in [7, 11) is 3.23. The lowest BCUT2D eigenvalue weighted by Crippen LogP contribution is -2.53. The zero-order chi connectivity index (χ0) is 33.5. The topological polar surface area (TPSA) is 122 Å². The maximum absolute atomic E-state index is 13.8. The predicted molar refractivity (Wildman–Crippen MR) is 178 cm³/mol. The molecule has 0 saturated carbocycles. The van der Waals surface area contributed by atoms with E-state index in [1.807, 2.05) is 65.0 Å². The zero-order valence-electron chi connectivity index (χ0n) is 28.1. The first-order chi connectivity index (χ1) is 21.4. The number of hydrogen-bond acceptors (Lipinski definition) is 6. The first-order valence-corrected chi connectivity index (χ1v) is 16.1. The van der Waals surface area contributed by atoms with Gasteiger partial charge in [-0.3, -0.25) is 24.6 Å². The summed E-state index contributed by atoms with van der Waals surface area (Å²) >= 11 is 0. The number of benzene rings is 2. The van der Waals surface area contributed by atoms with Crippen molar-refractivity contribution in [2.75, 3.05) is 40.3 Å². The highest BCUT2D eigenvalue weighted by Crippen LogP contribution is 2.17. The largest absolute Gasteiger partial charge is 0.390 e. The van der Waals surface area contributed by atoms with Gasteiger partial charge in [0.1, 0.15) is 0 Å². The molecule has 0 saturated heterocycles.